The zero-order valence-electron chi connectivity index (χ0n) is 20.3. The molecule has 1 aromatic heterocycles. The monoisotopic (exact) mass is 508 g/mol. The summed E-state index contributed by atoms with van der Waals surface area (Å²) in [5, 5.41) is 26.4. The van der Waals surface area contributed by atoms with Gasteiger partial charge in [-0.25, -0.2) is 4.79 Å². The Bertz CT molecular complexity index is 1400. The van der Waals surface area contributed by atoms with Gasteiger partial charge in [-0.3, -0.25) is 23.9 Å². The third-order valence-electron chi connectivity index (χ3n) is 6.31. The van der Waals surface area contributed by atoms with Crippen LogP contribution in [0.2, 0.25) is 0 Å². The first-order chi connectivity index (χ1) is 17.6. The van der Waals surface area contributed by atoms with E-state index in [1.165, 1.54) is 0 Å². The lowest BCUT2D eigenvalue weighted by Gasteiger charge is -2.22. The summed E-state index contributed by atoms with van der Waals surface area (Å²) in [6, 6.07) is 14.5. The minimum absolute atomic E-state index is 0.150. The van der Waals surface area contributed by atoms with Crippen LogP contribution in [-0.2, 0) is 20.7 Å². The normalized spacial score (nSPS) is 21.8. The number of amides is 2. The highest BCUT2D eigenvalue weighted by Crippen LogP contribution is 2.28. The van der Waals surface area contributed by atoms with E-state index in [-0.39, 0.29) is 6.42 Å². The lowest BCUT2D eigenvalue weighted by Crippen LogP contribution is -2.51. The van der Waals surface area contributed by atoms with Crippen LogP contribution in [-0.4, -0.2) is 55.9 Å². The molecule has 11 nitrogen and oxygen atoms in total. The number of nitrogens with zero attached hydrogens (tertiary/aromatic N) is 1. The van der Waals surface area contributed by atoms with Gasteiger partial charge in [0.25, 0.3) is 11.5 Å². The van der Waals surface area contributed by atoms with E-state index in [2.05, 4.69) is 10.6 Å². The van der Waals surface area contributed by atoms with Gasteiger partial charge in [-0.05, 0) is 42.7 Å². The van der Waals surface area contributed by atoms with Crippen molar-refractivity contribution >= 4 is 17.5 Å². The summed E-state index contributed by atoms with van der Waals surface area (Å²) in [5.41, 5.74) is 1.87. The second-order valence-corrected chi connectivity index (χ2v) is 8.99. The van der Waals surface area contributed by atoms with Crippen LogP contribution in [0.25, 0.3) is 0 Å². The number of benzene rings is 2. The number of rotatable bonds is 7. The van der Waals surface area contributed by atoms with Gasteiger partial charge in [0.15, 0.2) is 12.3 Å². The van der Waals surface area contributed by atoms with Gasteiger partial charge < -0.3 is 25.6 Å². The van der Waals surface area contributed by atoms with Crippen LogP contribution in [0.3, 0.4) is 0 Å². The molecule has 0 unspecified atom stereocenters. The molecule has 11 heteroatoms. The Labute approximate surface area is 211 Å². The van der Waals surface area contributed by atoms with E-state index in [4.69, 9.17) is 4.74 Å². The molecule has 4 rings (SSSR count). The van der Waals surface area contributed by atoms with Crippen LogP contribution >= 0.6 is 0 Å². The predicted molar refractivity (Wildman–Crippen MR) is 134 cm³/mol. The van der Waals surface area contributed by atoms with Gasteiger partial charge >= 0.3 is 5.69 Å². The summed E-state index contributed by atoms with van der Waals surface area (Å²) >= 11 is 0. The molecule has 0 aliphatic carbocycles. The summed E-state index contributed by atoms with van der Waals surface area (Å²) in [7, 11) is 0. The van der Waals surface area contributed by atoms with Crippen molar-refractivity contribution in [3.05, 3.63) is 98.3 Å². The highest BCUT2D eigenvalue weighted by molar-refractivity contribution is 5.98. The Morgan fingerprint density at radius 3 is 2.43 bits per heavy atom. The SMILES string of the molecule is Cc1ccc(NC(=O)[C@@H](Cc2ccccc2)NC(=O)[C@H]2O[C@@H](n3ccc(=O)[nH]c3=O)[C@H](O)[C@@H]2O)cc1C. The summed E-state index contributed by atoms with van der Waals surface area (Å²) in [6.45, 7) is 3.87. The van der Waals surface area contributed by atoms with E-state index in [1.807, 2.05) is 61.3 Å². The van der Waals surface area contributed by atoms with E-state index < -0.39 is 53.6 Å². The maximum absolute atomic E-state index is 13.2. The number of hydrogen-bond acceptors (Lipinski definition) is 7. The van der Waals surface area contributed by atoms with Crippen LogP contribution in [0.15, 0.2) is 70.4 Å². The Balaban J connectivity index is 1.54. The molecule has 0 radical (unpaired) electrons. The Hall–Kier alpha value is -4.06. The van der Waals surface area contributed by atoms with Crippen LogP contribution in [0.1, 0.15) is 22.9 Å². The van der Waals surface area contributed by atoms with Crippen molar-refractivity contribution in [2.45, 2.75) is 50.8 Å². The number of anilines is 1. The number of carbonyl (C=O) groups excluding carboxylic acids is 2. The first-order valence-corrected chi connectivity index (χ1v) is 11.7. The molecule has 1 fully saturated rings. The van der Waals surface area contributed by atoms with Gasteiger partial charge in [0, 0.05) is 24.4 Å². The summed E-state index contributed by atoms with van der Waals surface area (Å²) in [4.78, 5) is 51.9. The van der Waals surface area contributed by atoms with Gasteiger partial charge in [-0.15, -0.1) is 0 Å². The molecule has 1 aliphatic heterocycles. The summed E-state index contributed by atoms with van der Waals surface area (Å²) < 4.78 is 6.40. The molecule has 5 atom stereocenters. The van der Waals surface area contributed by atoms with E-state index in [9.17, 15) is 29.4 Å². The van der Waals surface area contributed by atoms with Crippen molar-refractivity contribution in [2.24, 2.45) is 0 Å². The molecule has 3 aromatic rings. The third-order valence-corrected chi connectivity index (χ3v) is 6.31. The fourth-order valence-corrected chi connectivity index (χ4v) is 4.10. The van der Waals surface area contributed by atoms with Crippen molar-refractivity contribution in [1.82, 2.24) is 14.9 Å². The molecule has 2 amide bonds. The zero-order valence-corrected chi connectivity index (χ0v) is 20.3. The molecule has 1 saturated heterocycles. The fraction of sp³-hybridized carbons (Fsp3) is 0.308. The number of ether oxygens (including phenoxy) is 1. The second kappa shape index (κ2) is 10.9. The van der Waals surface area contributed by atoms with Crippen LogP contribution in [0, 0.1) is 13.8 Å². The molecular formula is C26H28N4O7. The zero-order chi connectivity index (χ0) is 26.7. The van der Waals surface area contributed by atoms with Crippen LogP contribution < -0.4 is 21.9 Å². The number of hydrogen-bond donors (Lipinski definition) is 5. The van der Waals surface area contributed by atoms with Gasteiger partial charge in [0.2, 0.25) is 5.91 Å². The highest BCUT2D eigenvalue weighted by Gasteiger charge is 2.48. The number of H-pyrrole nitrogens is 1. The highest BCUT2D eigenvalue weighted by atomic mass is 16.6. The van der Waals surface area contributed by atoms with Gasteiger partial charge in [-0.1, -0.05) is 36.4 Å². The van der Waals surface area contributed by atoms with Crippen molar-refractivity contribution in [3.8, 4) is 0 Å². The quantitative estimate of drug-likeness (QED) is 0.303. The first kappa shape index (κ1) is 26.0. The maximum Gasteiger partial charge on any atom is 0.330 e. The molecule has 0 spiro atoms. The van der Waals surface area contributed by atoms with E-state index in [0.717, 1.165) is 33.5 Å². The van der Waals surface area contributed by atoms with Gasteiger partial charge in [-0.2, -0.15) is 0 Å². The number of aromatic nitrogens is 2. The molecule has 2 heterocycles. The molecular weight excluding hydrogens is 480 g/mol. The van der Waals surface area contributed by atoms with Crippen molar-refractivity contribution in [2.75, 3.05) is 5.32 Å². The average molecular weight is 509 g/mol. The molecule has 0 bridgehead atoms. The lowest BCUT2D eigenvalue weighted by atomic mass is 10.0. The fourth-order valence-electron chi connectivity index (χ4n) is 4.10. The molecule has 0 saturated carbocycles. The number of carbonyl (C=O) groups is 2. The number of aromatic amines is 1. The number of aryl methyl sites for hydroxylation is 2. The molecule has 1 aliphatic rings. The summed E-state index contributed by atoms with van der Waals surface area (Å²) in [6.07, 6.45) is -5.09. The van der Waals surface area contributed by atoms with Gasteiger partial charge in [0.1, 0.15) is 18.2 Å². The minimum atomic E-state index is -1.69. The first-order valence-electron chi connectivity index (χ1n) is 11.7. The van der Waals surface area contributed by atoms with Crippen molar-refractivity contribution in [1.29, 1.82) is 0 Å². The maximum atomic E-state index is 13.2. The molecule has 194 valence electrons. The minimum Gasteiger partial charge on any atom is -0.387 e. The largest absolute Gasteiger partial charge is 0.387 e. The topological polar surface area (TPSA) is 163 Å². The van der Waals surface area contributed by atoms with Crippen LogP contribution in [0.5, 0.6) is 0 Å². The molecule has 5 N–H and O–H groups in total. The van der Waals surface area contributed by atoms with Crippen LogP contribution in [0.4, 0.5) is 5.69 Å². The Morgan fingerprint density at radius 1 is 1.03 bits per heavy atom. The lowest BCUT2D eigenvalue weighted by molar-refractivity contribution is -0.140. The van der Waals surface area contributed by atoms with Crippen molar-refractivity contribution < 1.29 is 24.5 Å². The smallest absolute Gasteiger partial charge is 0.330 e. The predicted octanol–water partition coefficient (Wildman–Crippen LogP) is 0.139. The number of nitrogens with one attached hydrogen (secondary N) is 3. The second-order valence-electron chi connectivity index (χ2n) is 8.99. The average Bonchev–Trinajstić information content (AvgIpc) is 3.16. The Morgan fingerprint density at radius 2 is 1.76 bits per heavy atom. The van der Waals surface area contributed by atoms with E-state index in [1.54, 1.807) is 6.07 Å². The standard InChI is InChI=1S/C26H28N4O7/c1-14-8-9-17(12-15(14)2)27-23(34)18(13-16-6-4-3-5-7-16)28-24(35)22-20(32)21(33)25(37-22)30-11-10-19(31)29-26(30)36/h3-12,18,20-22,25,32-33H,13H2,1-2H3,(H,27,34)(H,28,35)(H,29,31,36)/t18-,20+,21-,22+,25-/m1/s1. The van der Waals surface area contributed by atoms with Gasteiger partial charge in [0.05, 0.1) is 0 Å². The molecule has 37 heavy (non-hydrogen) atoms. The number of aliphatic hydroxyl groups is 2. The molecule has 2 aromatic carbocycles. The third kappa shape index (κ3) is 5.85. The Kier molecular flexibility index (Phi) is 7.67. The van der Waals surface area contributed by atoms with Crippen molar-refractivity contribution in [3.63, 3.8) is 0 Å². The van der Waals surface area contributed by atoms with E-state index in [0.29, 0.717) is 5.69 Å². The van der Waals surface area contributed by atoms with E-state index >= 15 is 0 Å². The summed E-state index contributed by atoms with van der Waals surface area (Å²) in [5.74, 6) is -1.33. The number of aliphatic hydroxyl groups excluding tert-OH is 2.